The van der Waals surface area contributed by atoms with Crippen molar-refractivity contribution in [2.45, 2.75) is 33.1 Å². The molecule has 0 atom stereocenters. The predicted octanol–water partition coefficient (Wildman–Crippen LogP) is 5.45. The summed E-state index contributed by atoms with van der Waals surface area (Å²) in [5, 5.41) is 9.17. The standard InChI is InChI=1S/C26H25N3O2/c1-17-12-14-19(15-13-17)29-23(16-22(28-29)26(2,3)4)27-25(31)24(30)21-11-7-9-18-8-5-6-10-20(18)21/h5-16H,1-4H3,(H,27,31). The summed E-state index contributed by atoms with van der Waals surface area (Å²) in [6.45, 7) is 8.18. The van der Waals surface area contributed by atoms with Gasteiger partial charge in [0.25, 0.3) is 11.7 Å². The van der Waals surface area contributed by atoms with Crippen molar-refractivity contribution in [2.75, 3.05) is 5.32 Å². The van der Waals surface area contributed by atoms with Crippen molar-refractivity contribution < 1.29 is 9.59 Å². The van der Waals surface area contributed by atoms with Gasteiger partial charge in [0.1, 0.15) is 5.82 Å². The molecule has 0 saturated heterocycles. The third-order valence-electron chi connectivity index (χ3n) is 5.24. The maximum Gasteiger partial charge on any atom is 0.297 e. The molecule has 0 aliphatic rings. The predicted molar refractivity (Wildman–Crippen MR) is 124 cm³/mol. The fraction of sp³-hybridized carbons (Fsp3) is 0.192. The summed E-state index contributed by atoms with van der Waals surface area (Å²) >= 11 is 0. The molecule has 0 unspecified atom stereocenters. The molecule has 0 saturated carbocycles. The van der Waals surface area contributed by atoms with Crippen LogP contribution in [0.4, 0.5) is 5.82 Å². The van der Waals surface area contributed by atoms with Crippen LogP contribution in [0.3, 0.4) is 0 Å². The van der Waals surface area contributed by atoms with Crippen molar-refractivity contribution in [2.24, 2.45) is 0 Å². The Labute approximate surface area is 181 Å². The lowest BCUT2D eigenvalue weighted by molar-refractivity contribution is -0.112. The van der Waals surface area contributed by atoms with Gasteiger partial charge in [0.05, 0.1) is 11.4 Å². The minimum Gasteiger partial charge on any atom is -0.304 e. The minimum atomic E-state index is -0.690. The number of nitrogens with one attached hydrogen (secondary N) is 1. The van der Waals surface area contributed by atoms with Crippen molar-refractivity contribution in [3.05, 3.63) is 89.6 Å². The van der Waals surface area contributed by atoms with Crippen molar-refractivity contribution >= 4 is 28.3 Å². The lowest BCUT2D eigenvalue weighted by Crippen LogP contribution is -2.24. The van der Waals surface area contributed by atoms with Crippen LogP contribution in [0.15, 0.2) is 72.8 Å². The largest absolute Gasteiger partial charge is 0.304 e. The van der Waals surface area contributed by atoms with E-state index in [1.165, 1.54) is 0 Å². The number of ketones is 1. The molecular formula is C26H25N3O2. The summed E-state index contributed by atoms with van der Waals surface area (Å²) in [5.41, 5.74) is 2.93. The fourth-order valence-corrected chi connectivity index (χ4v) is 3.44. The average molecular weight is 412 g/mol. The van der Waals surface area contributed by atoms with Crippen LogP contribution in [0, 0.1) is 6.92 Å². The van der Waals surface area contributed by atoms with Crippen LogP contribution < -0.4 is 5.32 Å². The van der Waals surface area contributed by atoms with Crippen molar-refractivity contribution in [1.82, 2.24) is 9.78 Å². The Hall–Kier alpha value is -3.73. The maximum atomic E-state index is 13.0. The summed E-state index contributed by atoms with van der Waals surface area (Å²) in [6, 6.07) is 22.6. The van der Waals surface area contributed by atoms with Crippen LogP contribution >= 0.6 is 0 Å². The molecule has 1 aromatic heterocycles. The Bertz CT molecular complexity index is 1270. The van der Waals surface area contributed by atoms with E-state index in [1.807, 2.05) is 67.6 Å². The zero-order valence-corrected chi connectivity index (χ0v) is 18.1. The number of carbonyl (C=O) groups is 2. The number of anilines is 1. The molecule has 1 N–H and O–H groups in total. The van der Waals surface area contributed by atoms with Gasteiger partial charge in [-0.1, -0.05) is 80.9 Å². The van der Waals surface area contributed by atoms with Crippen LogP contribution in [-0.4, -0.2) is 21.5 Å². The van der Waals surface area contributed by atoms with E-state index in [0.717, 1.165) is 27.7 Å². The molecule has 156 valence electrons. The number of rotatable bonds is 4. The van der Waals surface area contributed by atoms with Crippen molar-refractivity contribution in [1.29, 1.82) is 0 Å². The molecule has 0 radical (unpaired) electrons. The number of hydrogen-bond donors (Lipinski definition) is 1. The quantitative estimate of drug-likeness (QED) is 0.359. The van der Waals surface area contributed by atoms with Crippen molar-refractivity contribution in [3.8, 4) is 5.69 Å². The number of amides is 1. The lowest BCUT2D eigenvalue weighted by atomic mass is 9.92. The molecule has 0 aliphatic carbocycles. The van der Waals surface area contributed by atoms with Crippen LogP contribution in [-0.2, 0) is 10.2 Å². The smallest absolute Gasteiger partial charge is 0.297 e. The molecule has 0 fully saturated rings. The summed E-state index contributed by atoms with van der Waals surface area (Å²) in [4.78, 5) is 26.0. The first-order valence-corrected chi connectivity index (χ1v) is 10.2. The van der Waals surface area contributed by atoms with E-state index in [0.29, 0.717) is 11.4 Å². The van der Waals surface area contributed by atoms with Crippen LogP contribution in [0.1, 0.15) is 42.4 Å². The van der Waals surface area contributed by atoms with Gasteiger partial charge in [-0.2, -0.15) is 5.10 Å². The zero-order chi connectivity index (χ0) is 22.2. The van der Waals surface area contributed by atoms with Gasteiger partial charge in [-0.15, -0.1) is 0 Å². The molecule has 0 aliphatic heterocycles. The first-order chi connectivity index (χ1) is 14.7. The van der Waals surface area contributed by atoms with Gasteiger partial charge in [-0.25, -0.2) is 4.68 Å². The van der Waals surface area contributed by atoms with Crippen LogP contribution in [0.2, 0.25) is 0 Å². The molecule has 1 amide bonds. The zero-order valence-electron chi connectivity index (χ0n) is 18.1. The number of hydrogen-bond acceptors (Lipinski definition) is 3. The SMILES string of the molecule is Cc1ccc(-n2nc(C(C)(C)C)cc2NC(=O)C(=O)c2cccc3ccccc23)cc1. The van der Waals surface area contributed by atoms with Gasteiger partial charge in [-0.3, -0.25) is 9.59 Å². The Kier molecular flexibility index (Phi) is 5.19. The summed E-state index contributed by atoms with van der Waals surface area (Å²) in [6.07, 6.45) is 0. The van der Waals surface area contributed by atoms with Gasteiger partial charge in [-0.05, 0) is 29.8 Å². The summed E-state index contributed by atoms with van der Waals surface area (Å²) < 4.78 is 1.67. The molecule has 1 heterocycles. The molecule has 0 spiro atoms. The third-order valence-corrected chi connectivity index (χ3v) is 5.24. The van der Waals surface area contributed by atoms with Gasteiger partial charge in [0, 0.05) is 17.0 Å². The Morgan fingerprint density at radius 3 is 2.29 bits per heavy atom. The number of carbonyl (C=O) groups excluding carboxylic acids is 2. The van der Waals surface area contributed by atoms with E-state index in [2.05, 4.69) is 26.1 Å². The van der Waals surface area contributed by atoms with E-state index >= 15 is 0 Å². The fourth-order valence-electron chi connectivity index (χ4n) is 3.44. The second-order valence-electron chi connectivity index (χ2n) is 8.72. The highest BCUT2D eigenvalue weighted by Crippen LogP contribution is 2.27. The van der Waals surface area contributed by atoms with E-state index in [4.69, 9.17) is 5.10 Å². The van der Waals surface area contributed by atoms with Gasteiger partial charge in [0.2, 0.25) is 0 Å². The van der Waals surface area contributed by atoms with Gasteiger partial charge < -0.3 is 5.32 Å². The first-order valence-electron chi connectivity index (χ1n) is 10.2. The average Bonchev–Trinajstić information content (AvgIpc) is 3.17. The molecule has 5 heteroatoms. The second-order valence-corrected chi connectivity index (χ2v) is 8.72. The van der Waals surface area contributed by atoms with Crippen LogP contribution in [0.25, 0.3) is 16.5 Å². The highest BCUT2D eigenvalue weighted by atomic mass is 16.2. The molecular weight excluding hydrogens is 386 g/mol. The van der Waals surface area contributed by atoms with E-state index < -0.39 is 11.7 Å². The van der Waals surface area contributed by atoms with E-state index in [9.17, 15) is 9.59 Å². The first kappa shape index (κ1) is 20.5. The minimum absolute atomic E-state index is 0.213. The molecule has 3 aromatic carbocycles. The lowest BCUT2D eigenvalue weighted by Gasteiger charge is -2.14. The second kappa shape index (κ2) is 7.84. The Balaban J connectivity index is 1.71. The molecule has 0 bridgehead atoms. The summed E-state index contributed by atoms with van der Waals surface area (Å²) in [7, 11) is 0. The molecule has 4 rings (SSSR count). The highest BCUT2D eigenvalue weighted by Gasteiger charge is 2.24. The number of fused-ring (bicyclic) bond motifs is 1. The van der Waals surface area contributed by atoms with Crippen molar-refractivity contribution in [3.63, 3.8) is 0 Å². The Morgan fingerprint density at radius 1 is 0.903 bits per heavy atom. The highest BCUT2D eigenvalue weighted by molar-refractivity contribution is 6.48. The van der Waals surface area contributed by atoms with Crippen LogP contribution in [0.5, 0.6) is 0 Å². The Morgan fingerprint density at radius 2 is 1.58 bits per heavy atom. The number of aromatic nitrogens is 2. The third kappa shape index (κ3) is 4.12. The number of aryl methyl sites for hydroxylation is 1. The molecule has 4 aromatic rings. The monoisotopic (exact) mass is 411 g/mol. The van der Waals surface area contributed by atoms with Gasteiger partial charge in [0.15, 0.2) is 0 Å². The molecule has 5 nitrogen and oxygen atoms in total. The number of benzene rings is 3. The summed E-state index contributed by atoms with van der Waals surface area (Å²) in [5.74, 6) is -0.803. The van der Waals surface area contributed by atoms with E-state index in [1.54, 1.807) is 16.8 Å². The number of nitrogens with zero attached hydrogens (tertiary/aromatic N) is 2. The normalized spacial score (nSPS) is 11.5. The number of Topliss-reactive ketones (excluding diaryl/α,β-unsaturated/α-hetero) is 1. The maximum absolute atomic E-state index is 13.0. The molecule has 31 heavy (non-hydrogen) atoms. The van der Waals surface area contributed by atoms with E-state index in [-0.39, 0.29) is 5.41 Å². The topological polar surface area (TPSA) is 64.0 Å². The van der Waals surface area contributed by atoms with Gasteiger partial charge >= 0.3 is 0 Å².